The molecule has 0 saturated carbocycles. The summed E-state index contributed by atoms with van der Waals surface area (Å²) < 4.78 is 39.6. The van der Waals surface area contributed by atoms with Gasteiger partial charge in [0.2, 0.25) is 0 Å². The first-order valence-corrected chi connectivity index (χ1v) is 10.1. The van der Waals surface area contributed by atoms with Crippen LogP contribution in [0.1, 0.15) is 29.9 Å². The lowest BCUT2D eigenvalue weighted by Crippen LogP contribution is -2.22. The third-order valence-electron chi connectivity index (χ3n) is 4.80. The summed E-state index contributed by atoms with van der Waals surface area (Å²) in [5.41, 5.74) is 2.13. The van der Waals surface area contributed by atoms with Crippen molar-refractivity contribution in [1.82, 2.24) is 4.90 Å². The van der Waals surface area contributed by atoms with Crippen LogP contribution in [0.2, 0.25) is 0 Å². The van der Waals surface area contributed by atoms with Gasteiger partial charge < -0.3 is 0 Å². The highest BCUT2D eigenvalue weighted by Crippen LogP contribution is 2.39. The van der Waals surface area contributed by atoms with E-state index < -0.39 is 11.7 Å². The summed E-state index contributed by atoms with van der Waals surface area (Å²) in [6.45, 7) is 8.94. The van der Waals surface area contributed by atoms with Gasteiger partial charge in [-0.2, -0.15) is 13.2 Å². The molecular formula is C23H22F3NS. The van der Waals surface area contributed by atoms with Crippen LogP contribution in [0.5, 0.6) is 0 Å². The van der Waals surface area contributed by atoms with Crippen molar-refractivity contribution in [3.63, 3.8) is 0 Å². The van der Waals surface area contributed by atoms with Gasteiger partial charge in [0.05, 0.1) is 12.1 Å². The standard InChI is InChI=1S/C23H22F3NS/c1-4-27(5-2)14-6-7-17-8-13-20-21(15-17)28-16(3)22(20)18-9-11-19(12-10-18)23(24,25)26/h8-13,15H,4-5,14H2,1-3H3. The molecule has 0 amide bonds. The van der Waals surface area contributed by atoms with Gasteiger partial charge in [0.25, 0.3) is 0 Å². The molecular weight excluding hydrogens is 379 g/mol. The fraction of sp³-hybridized carbons (Fsp3) is 0.304. The molecule has 5 heteroatoms. The lowest BCUT2D eigenvalue weighted by Gasteiger charge is -2.13. The number of hydrogen-bond donors (Lipinski definition) is 0. The molecule has 0 N–H and O–H groups in total. The third kappa shape index (κ3) is 4.40. The van der Waals surface area contributed by atoms with Gasteiger partial charge in [-0.1, -0.05) is 43.9 Å². The smallest absolute Gasteiger partial charge is 0.293 e. The van der Waals surface area contributed by atoms with Crippen molar-refractivity contribution in [2.24, 2.45) is 0 Å². The second-order valence-corrected chi connectivity index (χ2v) is 7.84. The van der Waals surface area contributed by atoms with E-state index in [1.807, 2.05) is 19.1 Å². The highest BCUT2D eigenvalue weighted by Gasteiger charge is 2.30. The predicted octanol–water partition coefficient (Wildman–Crippen LogP) is 6.59. The molecule has 0 aliphatic heterocycles. The zero-order valence-electron chi connectivity index (χ0n) is 16.2. The molecule has 1 aromatic heterocycles. The minimum Gasteiger partial charge on any atom is -0.293 e. The summed E-state index contributed by atoms with van der Waals surface area (Å²) in [5, 5.41) is 1.05. The van der Waals surface area contributed by atoms with Crippen LogP contribution in [0.4, 0.5) is 13.2 Å². The quantitative estimate of drug-likeness (QED) is 0.446. The summed E-state index contributed by atoms with van der Waals surface area (Å²) in [7, 11) is 0. The molecule has 3 aromatic rings. The van der Waals surface area contributed by atoms with Crippen molar-refractivity contribution >= 4 is 21.4 Å². The van der Waals surface area contributed by atoms with Crippen LogP contribution in [-0.4, -0.2) is 24.5 Å². The van der Waals surface area contributed by atoms with Crippen LogP contribution in [0.15, 0.2) is 42.5 Å². The first-order valence-electron chi connectivity index (χ1n) is 9.25. The molecule has 1 nitrogen and oxygen atoms in total. The monoisotopic (exact) mass is 401 g/mol. The number of hydrogen-bond acceptors (Lipinski definition) is 2. The molecule has 0 fully saturated rings. The number of rotatable bonds is 4. The maximum Gasteiger partial charge on any atom is 0.416 e. The summed E-state index contributed by atoms with van der Waals surface area (Å²) >= 11 is 1.65. The second kappa shape index (κ2) is 8.38. The highest BCUT2D eigenvalue weighted by atomic mass is 32.1. The molecule has 3 rings (SSSR count). The Balaban J connectivity index is 1.92. The van der Waals surface area contributed by atoms with E-state index in [0.717, 1.165) is 63.4 Å². The Morgan fingerprint density at radius 2 is 1.68 bits per heavy atom. The van der Waals surface area contributed by atoms with Crippen LogP contribution in [0.3, 0.4) is 0 Å². The predicted molar refractivity (Wildman–Crippen MR) is 112 cm³/mol. The molecule has 0 bridgehead atoms. The summed E-state index contributed by atoms with van der Waals surface area (Å²) in [6, 6.07) is 11.5. The van der Waals surface area contributed by atoms with Gasteiger partial charge in [0, 0.05) is 26.1 Å². The Hall–Kier alpha value is -2.29. The topological polar surface area (TPSA) is 3.24 Å². The summed E-state index contributed by atoms with van der Waals surface area (Å²) in [6.07, 6.45) is -4.32. The number of halogens is 3. The highest BCUT2D eigenvalue weighted by molar-refractivity contribution is 7.19. The number of benzene rings is 2. The first kappa shape index (κ1) is 20.4. The molecule has 1 heterocycles. The maximum absolute atomic E-state index is 12.8. The Morgan fingerprint density at radius 1 is 1.00 bits per heavy atom. The van der Waals surface area contributed by atoms with E-state index in [1.165, 1.54) is 0 Å². The molecule has 0 aliphatic carbocycles. The SMILES string of the molecule is CCN(CC)CC#Cc1ccc2c(-c3ccc(C(F)(F)F)cc3)c(C)sc2c1. The van der Waals surface area contributed by atoms with Crippen molar-refractivity contribution in [3.8, 4) is 23.0 Å². The number of aryl methyl sites for hydroxylation is 1. The Morgan fingerprint density at radius 3 is 2.29 bits per heavy atom. The van der Waals surface area contributed by atoms with E-state index in [0.29, 0.717) is 0 Å². The number of nitrogens with zero attached hydrogens (tertiary/aromatic N) is 1. The van der Waals surface area contributed by atoms with Gasteiger partial charge in [-0.15, -0.1) is 11.3 Å². The van der Waals surface area contributed by atoms with Crippen LogP contribution < -0.4 is 0 Å². The molecule has 28 heavy (non-hydrogen) atoms. The van der Waals surface area contributed by atoms with E-state index in [9.17, 15) is 13.2 Å². The minimum absolute atomic E-state index is 0.626. The van der Waals surface area contributed by atoms with Gasteiger partial charge in [0.15, 0.2) is 0 Å². The number of thiophene rings is 1. The zero-order chi connectivity index (χ0) is 20.3. The van der Waals surface area contributed by atoms with Crippen molar-refractivity contribution in [3.05, 3.63) is 58.5 Å². The van der Waals surface area contributed by atoms with Crippen molar-refractivity contribution in [1.29, 1.82) is 0 Å². The lowest BCUT2D eigenvalue weighted by atomic mass is 10.00. The summed E-state index contributed by atoms with van der Waals surface area (Å²) in [4.78, 5) is 3.34. The molecule has 146 valence electrons. The van der Waals surface area contributed by atoms with Crippen LogP contribution in [0, 0.1) is 18.8 Å². The Kier molecular flexibility index (Phi) is 6.12. The van der Waals surface area contributed by atoms with Crippen molar-refractivity contribution in [2.45, 2.75) is 26.9 Å². The molecule has 0 atom stereocenters. The summed E-state index contributed by atoms with van der Waals surface area (Å²) in [5.74, 6) is 6.43. The Bertz CT molecular complexity index is 1020. The average Bonchev–Trinajstić information content (AvgIpc) is 2.99. The fourth-order valence-electron chi connectivity index (χ4n) is 3.18. The molecule has 0 aliphatic rings. The normalized spacial score (nSPS) is 11.7. The van der Waals surface area contributed by atoms with E-state index >= 15 is 0 Å². The van der Waals surface area contributed by atoms with E-state index in [4.69, 9.17) is 0 Å². The van der Waals surface area contributed by atoms with E-state index in [1.54, 1.807) is 23.5 Å². The second-order valence-electron chi connectivity index (χ2n) is 6.58. The third-order valence-corrected chi connectivity index (χ3v) is 5.86. The average molecular weight is 401 g/mol. The lowest BCUT2D eigenvalue weighted by molar-refractivity contribution is -0.137. The fourth-order valence-corrected chi connectivity index (χ4v) is 4.31. The van der Waals surface area contributed by atoms with Crippen LogP contribution in [-0.2, 0) is 6.18 Å². The number of alkyl halides is 3. The van der Waals surface area contributed by atoms with E-state index in [2.05, 4.69) is 36.7 Å². The van der Waals surface area contributed by atoms with Crippen molar-refractivity contribution in [2.75, 3.05) is 19.6 Å². The van der Waals surface area contributed by atoms with Gasteiger partial charge in [-0.3, -0.25) is 4.90 Å². The van der Waals surface area contributed by atoms with Crippen LogP contribution in [0.25, 0.3) is 21.2 Å². The van der Waals surface area contributed by atoms with Crippen molar-refractivity contribution < 1.29 is 13.2 Å². The first-order chi connectivity index (χ1) is 13.3. The van der Waals surface area contributed by atoms with Crippen LogP contribution >= 0.6 is 11.3 Å². The molecule has 0 radical (unpaired) electrons. The molecule has 0 unspecified atom stereocenters. The molecule has 0 spiro atoms. The largest absolute Gasteiger partial charge is 0.416 e. The van der Waals surface area contributed by atoms with Gasteiger partial charge in [-0.25, -0.2) is 0 Å². The van der Waals surface area contributed by atoms with Gasteiger partial charge in [-0.05, 0) is 49.8 Å². The molecule has 0 saturated heterocycles. The maximum atomic E-state index is 12.8. The van der Waals surface area contributed by atoms with E-state index in [-0.39, 0.29) is 0 Å². The molecule has 2 aromatic carbocycles. The van der Waals surface area contributed by atoms with Gasteiger partial charge in [0.1, 0.15) is 0 Å². The zero-order valence-corrected chi connectivity index (χ0v) is 17.0. The Labute approximate surface area is 167 Å². The number of fused-ring (bicyclic) bond motifs is 1. The minimum atomic E-state index is -4.32. The van der Waals surface area contributed by atoms with Gasteiger partial charge >= 0.3 is 6.18 Å².